The fourth-order valence-electron chi connectivity index (χ4n) is 7.29. The Labute approximate surface area is 150 Å². The molecule has 0 aromatic heterocycles. The number of hydrogen-bond donors (Lipinski definition) is 1. The second-order valence-corrected chi connectivity index (χ2v) is 9.72. The predicted octanol–water partition coefficient (Wildman–Crippen LogP) is 3.64. The third-order valence-electron chi connectivity index (χ3n) is 8.85. The van der Waals surface area contributed by atoms with Crippen LogP contribution in [0.5, 0.6) is 0 Å². The van der Waals surface area contributed by atoms with Gasteiger partial charge in [-0.15, -0.1) is 0 Å². The lowest BCUT2D eigenvalue weighted by atomic mass is 9.44. The summed E-state index contributed by atoms with van der Waals surface area (Å²) >= 11 is 0. The van der Waals surface area contributed by atoms with Crippen LogP contribution in [-0.2, 0) is 14.3 Å². The van der Waals surface area contributed by atoms with Crippen LogP contribution >= 0.6 is 0 Å². The van der Waals surface area contributed by atoms with E-state index < -0.39 is 11.0 Å². The molecule has 4 aliphatic rings. The van der Waals surface area contributed by atoms with Gasteiger partial charge in [-0.25, -0.2) is 0 Å². The van der Waals surface area contributed by atoms with Crippen molar-refractivity contribution in [1.29, 1.82) is 0 Å². The standard InChI is InChI=1S/C21H32O4/c1-13(22)25-15-6-9-19(2)14(12-15)4-5-17-16(19)7-10-20(3)18(23)8-11-21(17,20)24/h14-17,24H,4-12H2,1-3H3/t14?,15-,16-,17+,19-,20+,21-/m0/s1. The van der Waals surface area contributed by atoms with Gasteiger partial charge in [0.1, 0.15) is 11.9 Å². The lowest BCUT2D eigenvalue weighted by molar-refractivity contribution is -0.203. The van der Waals surface area contributed by atoms with Gasteiger partial charge in [0.25, 0.3) is 0 Å². The zero-order valence-corrected chi connectivity index (χ0v) is 15.8. The summed E-state index contributed by atoms with van der Waals surface area (Å²) in [5, 5.41) is 11.6. The summed E-state index contributed by atoms with van der Waals surface area (Å²) in [5.41, 5.74) is -1.11. The molecule has 0 aliphatic heterocycles. The summed E-state index contributed by atoms with van der Waals surface area (Å²) in [4.78, 5) is 23.8. The minimum Gasteiger partial charge on any atom is -0.463 e. The van der Waals surface area contributed by atoms with Crippen LogP contribution < -0.4 is 0 Å². The first-order valence-corrected chi connectivity index (χ1v) is 10.1. The van der Waals surface area contributed by atoms with Crippen molar-refractivity contribution in [3.63, 3.8) is 0 Å². The number of esters is 1. The second-order valence-electron chi connectivity index (χ2n) is 9.72. The molecule has 0 saturated heterocycles. The Morgan fingerprint density at radius 1 is 1.08 bits per heavy atom. The lowest BCUT2D eigenvalue weighted by Gasteiger charge is -2.62. The first kappa shape index (κ1) is 17.5. The summed E-state index contributed by atoms with van der Waals surface area (Å²) in [6, 6.07) is 0. The third kappa shape index (κ3) is 2.28. The number of carbonyl (C=O) groups is 2. The first-order valence-electron chi connectivity index (χ1n) is 10.1. The van der Waals surface area contributed by atoms with Crippen LogP contribution in [0.15, 0.2) is 0 Å². The number of ether oxygens (including phenoxy) is 1. The molecule has 0 aromatic carbocycles. The highest BCUT2D eigenvalue weighted by Gasteiger charge is 2.67. The van der Waals surface area contributed by atoms with E-state index in [9.17, 15) is 14.7 Å². The van der Waals surface area contributed by atoms with Crippen molar-refractivity contribution >= 4 is 11.8 Å². The van der Waals surface area contributed by atoms with E-state index in [1.54, 1.807) is 0 Å². The van der Waals surface area contributed by atoms with Gasteiger partial charge in [-0.3, -0.25) is 9.59 Å². The van der Waals surface area contributed by atoms with Crippen LogP contribution in [0.2, 0.25) is 0 Å². The molecule has 4 saturated carbocycles. The average Bonchev–Trinajstić information content (AvgIpc) is 2.79. The molecule has 0 radical (unpaired) electrons. The predicted molar refractivity (Wildman–Crippen MR) is 93.7 cm³/mol. The van der Waals surface area contributed by atoms with Crippen LogP contribution in [0.25, 0.3) is 0 Å². The third-order valence-corrected chi connectivity index (χ3v) is 8.85. The van der Waals surface area contributed by atoms with Crippen LogP contribution in [0, 0.1) is 28.6 Å². The molecule has 4 fully saturated rings. The average molecular weight is 348 g/mol. The van der Waals surface area contributed by atoms with Crippen LogP contribution in [0.1, 0.15) is 78.6 Å². The molecule has 1 unspecified atom stereocenters. The van der Waals surface area contributed by atoms with Crippen molar-refractivity contribution in [3.8, 4) is 0 Å². The SMILES string of the molecule is CC(=O)O[C@H]1CC[C@@]2(C)C(CC[C@@H]3[C@@H]2CC[C@]2(C)C(=O)CC[C@]32O)C1. The molecule has 0 spiro atoms. The van der Waals surface area contributed by atoms with Crippen molar-refractivity contribution < 1.29 is 19.4 Å². The zero-order valence-electron chi connectivity index (χ0n) is 15.8. The Balaban J connectivity index is 1.59. The molecule has 4 aliphatic carbocycles. The highest BCUT2D eigenvalue weighted by Crippen LogP contribution is 2.66. The summed E-state index contributed by atoms with van der Waals surface area (Å²) in [5.74, 6) is 1.42. The van der Waals surface area contributed by atoms with Gasteiger partial charge in [-0.1, -0.05) is 6.92 Å². The fraction of sp³-hybridized carbons (Fsp3) is 0.905. The molecule has 4 rings (SSSR count). The van der Waals surface area contributed by atoms with Crippen molar-refractivity contribution in [2.24, 2.45) is 28.6 Å². The van der Waals surface area contributed by atoms with Gasteiger partial charge in [-0.2, -0.15) is 0 Å². The maximum Gasteiger partial charge on any atom is 0.302 e. The Kier molecular flexibility index (Phi) is 3.89. The number of hydrogen-bond acceptors (Lipinski definition) is 4. The van der Waals surface area contributed by atoms with Crippen molar-refractivity contribution in [2.75, 3.05) is 0 Å². The van der Waals surface area contributed by atoms with Gasteiger partial charge in [0.05, 0.1) is 11.0 Å². The minimum atomic E-state index is -0.798. The maximum absolute atomic E-state index is 12.5. The van der Waals surface area contributed by atoms with Gasteiger partial charge in [-0.05, 0) is 81.5 Å². The topological polar surface area (TPSA) is 63.6 Å². The monoisotopic (exact) mass is 348 g/mol. The molecule has 0 heterocycles. The van der Waals surface area contributed by atoms with Crippen LogP contribution in [0.4, 0.5) is 0 Å². The summed E-state index contributed by atoms with van der Waals surface area (Å²) in [7, 11) is 0. The minimum absolute atomic E-state index is 0.0668. The highest BCUT2D eigenvalue weighted by atomic mass is 16.5. The molecule has 0 bridgehead atoms. The molecule has 140 valence electrons. The van der Waals surface area contributed by atoms with Crippen molar-refractivity contribution in [1.82, 2.24) is 0 Å². The lowest BCUT2D eigenvalue weighted by Crippen LogP contribution is -2.62. The largest absolute Gasteiger partial charge is 0.463 e. The first-order chi connectivity index (χ1) is 11.7. The molecule has 1 N–H and O–H groups in total. The number of rotatable bonds is 1. The number of ketones is 1. The van der Waals surface area contributed by atoms with E-state index >= 15 is 0 Å². The van der Waals surface area contributed by atoms with E-state index in [0.717, 1.165) is 44.9 Å². The van der Waals surface area contributed by atoms with E-state index in [2.05, 4.69) is 6.92 Å². The quantitative estimate of drug-likeness (QED) is 0.735. The van der Waals surface area contributed by atoms with Crippen LogP contribution in [-0.4, -0.2) is 28.6 Å². The Hall–Kier alpha value is -0.900. The van der Waals surface area contributed by atoms with E-state index in [4.69, 9.17) is 4.74 Å². The van der Waals surface area contributed by atoms with E-state index in [1.165, 1.54) is 6.92 Å². The molecule has 7 atom stereocenters. The molecule has 4 nitrogen and oxygen atoms in total. The molecule has 0 amide bonds. The zero-order chi connectivity index (χ0) is 18.0. The molecule has 25 heavy (non-hydrogen) atoms. The molecule has 4 heteroatoms. The van der Waals surface area contributed by atoms with E-state index in [-0.39, 0.29) is 29.2 Å². The number of fused-ring (bicyclic) bond motifs is 5. The van der Waals surface area contributed by atoms with Crippen LogP contribution in [0.3, 0.4) is 0 Å². The number of Topliss-reactive ketones (excluding diaryl/α,β-unsaturated/α-hetero) is 1. The maximum atomic E-state index is 12.5. The fourth-order valence-corrected chi connectivity index (χ4v) is 7.29. The number of carbonyl (C=O) groups excluding carboxylic acids is 2. The Bertz CT molecular complexity index is 601. The van der Waals surface area contributed by atoms with E-state index in [1.807, 2.05) is 6.92 Å². The van der Waals surface area contributed by atoms with Crippen molar-refractivity contribution in [3.05, 3.63) is 0 Å². The Morgan fingerprint density at radius 3 is 2.56 bits per heavy atom. The Morgan fingerprint density at radius 2 is 1.84 bits per heavy atom. The van der Waals surface area contributed by atoms with Crippen molar-refractivity contribution in [2.45, 2.75) is 90.3 Å². The second kappa shape index (κ2) is 5.55. The van der Waals surface area contributed by atoms with Gasteiger partial charge in [0, 0.05) is 13.3 Å². The van der Waals surface area contributed by atoms with Gasteiger partial charge in [0.2, 0.25) is 0 Å². The molecule has 0 aromatic rings. The summed E-state index contributed by atoms with van der Waals surface area (Å²) in [6.45, 7) is 5.92. The van der Waals surface area contributed by atoms with Gasteiger partial charge >= 0.3 is 5.97 Å². The smallest absolute Gasteiger partial charge is 0.302 e. The number of aliphatic hydroxyl groups is 1. The van der Waals surface area contributed by atoms with E-state index in [0.29, 0.717) is 24.7 Å². The highest BCUT2D eigenvalue weighted by molar-refractivity contribution is 5.88. The molecular weight excluding hydrogens is 316 g/mol. The van der Waals surface area contributed by atoms with Gasteiger partial charge < -0.3 is 9.84 Å². The van der Waals surface area contributed by atoms with Gasteiger partial charge in [0.15, 0.2) is 0 Å². The summed E-state index contributed by atoms with van der Waals surface area (Å²) < 4.78 is 5.51. The summed E-state index contributed by atoms with van der Waals surface area (Å²) in [6.07, 6.45) is 8.22. The molecular formula is C21H32O4. The normalized spacial score (nSPS) is 52.1.